The zero-order chi connectivity index (χ0) is 10.8. The fraction of sp³-hybridized carbons (Fsp3) is 0.700. The lowest BCUT2D eigenvalue weighted by Gasteiger charge is -2.05. The van der Waals surface area contributed by atoms with Crippen LogP contribution in [0.1, 0.15) is 13.8 Å². The van der Waals surface area contributed by atoms with Gasteiger partial charge in [-0.05, 0) is 13.8 Å². The molecule has 0 saturated carbocycles. The van der Waals surface area contributed by atoms with Crippen LogP contribution in [-0.4, -0.2) is 39.5 Å². The molecule has 0 spiro atoms. The third-order valence-corrected chi connectivity index (χ3v) is 1.65. The summed E-state index contributed by atoms with van der Waals surface area (Å²) in [7, 11) is 1.61. The molecule has 0 N–H and O–H groups in total. The van der Waals surface area contributed by atoms with Crippen molar-refractivity contribution < 1.29 is 19.0 Å². The number of carbonyl (C=O) groups is 1. The van der Waals surface area contributed by atoms with E-state index >= 15 is 0 Å². The number of carbonyl (C=O) groups excluding carboxylic acids is 1. The zero-order valence-corrected chi connectivity index (χ0v) is 9.04. The topological polar surface area (TPSA) is 44.8 Å². The quantitative estimate of drug-likeness (QED) is 0.353. The molecular weight excluding hydrogens is 184 g/mol. The van der Waals surface area contributed by atoms with Gasteiger partial charge >= 0.3 is 5.97 Å². The highest BCUT2D eigenvalue weighted by molar-refractivity contribution is 5.87. The van der Waals surface area contributed by atoms with Crippen molar-refractivity contribution in [1.82, 2.24) is 0 Å². The van der Waals surface area contributed by atoms with Crippen molar-refractivity contribution in [3.8, 4) is 0 Å². The molecule has 0 bridgehead atoms. The molecule has 4 nitrogen and oxygen atoms in total. The summed E-state index contributed by atoms with van der Waals surface area (Å²) in [6.45, 7) is 5.29. The SMILES string of the molecule is C/C=C(\C)C(=O)OCCOCCOC. The molecule has 0 aromatic rings. The summed E-state index contributed by atoms with van der Waals surface area (Å²) in [5.74, 6) is -0.289. The summed E-state index contributed by atoms with van der Waals surface area (Å²) in [5.41, 5.74) is 0.613. The average molecular weight is 202 g/mol. The molecule has 0 unspecified atom stereocenters. The van der Waals surface area contributed by atoms with Gasteiger partial charge in [0.1, 0.15) is 6.61 Å². The summed E-state index contributed by atoms with van der Waals surface area (Å²) in [4.78, 5) is 11.1. The molecule has 0 aliphatic rings. The highest BCUT2D eigenvalue weighted by atomic mass is 16.6. The Kier molecular flexibility index (Phi) is 8.17. The number of ether oxygens (including phenoxy) is 3. The smallest absolute Gasteiger partial charge is 0.333 e. The highest BCUT2D eigenvalue weighted by Crippen LogP contribution is 1.95. The molecule has 0 aliphatic carbocycles. The molecule has 0 atom stereocenters. The van der Waals surface area contributed by atoms with E-state index < -0.39 is 0 Å². The van der Waals surface area contributed by atoms with Gasteiger partial charge in [-0.1, -0.05) is 6.08 Å². The van der Waals surface area contributed by atoms with Gasteiger partial charge in [0.2, 0.25) is 0 Å². The molecule has 0 fully saturated rings. The van der Waals surface area contributed by atoms with Gasteiger partial charge in [0.05, 0.1) is 19.8 Å². The Hall–Kier alpha value is -0.870. The van der Waals surface area contributed by atoms with E-state index in [1.807, 2.05) is 0 Å². The first-order valence-electron chi connectivity index (χ1n) is 4.59. The van der Waals surface area contributed by atoms with Crippen molar-refractivity contribution >= 4 is 5.97 Å². The maximum absolute atomic E-state index is 11.1. The number of rotatable bonds is 7. The molecule has 0 amide bonds. The molecule has 82 valence electrons. The normalized spacial score (nSPS) is 11.5. The Labute approximate surface area is 84.8 Å². The third kappa shape index (κ3) is 6.62. The van der Waals surface area contributed by atoms with Gasteiger partial charge in [0, 0.05) is 12.7 Å². The lowest BCUT2D eigenvalue weighted by molar-refractivity contribution is -0.140. The first-order valence-corrected chi connectivity index (χ1v) is 4.59. The van der Waals surface area contributed by atoms with Crippen LogP contribution in [-0.2, 0) is 19.0 Å². The van der Waals surface area contributed by atoms with Gasteiger partial charge in [-0.25, -0.2) is 4.79 Å². The van der Waals surface area contributed by atoms with Crippen LogP contribution < -0.4 is 0 Å². The van der Waals surface area contributed by atoms with E-state index in [0.717, 1.165) is 0 Å². The maximum atomic E-state index is 11.1. The summed E-state index contributed by atoms with van der Waals surface area (Å²) in [6.07, 6.45) is 1.72. The first kappa shape index (κ1) is 13.1. The van der Waals surface area contributed by atoms with Crippen LogP contribution in [0.2, 0.25) is 0 Å². The predicted octanol–water partition coefficient (Wildman–Crippen LogP) is 1.16. The predicted molar refractivity (Wildman–Crippen MR) is 53.1 cm³/mol. The Bertz CT molecular complexity index is 187. The Morgan fingerprint density at radius 2 is 1.86 bits per heavy atom. The van der Waals surface area contributed by atoms with E-state index in [4.69, 9.17) is 14.2 Å². The van der Waals surface area contributed by atoms with E-state index in [1.54, 1.807) is 27.0 Å². The fourth-order valence-corrected chi connectivity index (χ4v) is 0.669. The summed E-state index contributed by atoms with van der Waals surface area (Å²) >= 11 is 0. The van der Waals surface area contributed by atoms with Crippen LogP contribution in [0.4, 0.5) is 0 Å². The minimum absolute atomic E-state index is 0.285. The van der Waals surface area contributed by atoms with Gasteiger partial charge in [-0.3, -0.25) is 0 Å². The van der Waals surface area contributed by atoms with Crippen LogP contribution in [0, 0.1) is 0 Å². The van der Waals surface area contributed by atoms with E-state index in [-0.39, 0.29) is 12.6 Å². The van der Waals surface area contributed by atoms with Gasteiger partial charge in [-0.15, -0.1) is 0 Å². The Balaban J connectivity index is 3.32. The largest absolute Gasteiger partial charge is 0.460 e. The van der Waals surface area contributed by atoms with Crippen molar-refractivity contribution in [1.29, 1.82) is 0 Å². The molecule has 14 heavy (non-hydrogen) atoms. The minimum Gasteiger partial charge on any atom is -0.460 e. The van der Waals surface area contributed by atoms with Crippen LogP contribution in [0.15, 0.2) is 11.6 Å². The van der Waals surface area contributed by atoms with Gasteiger partial charge in [0.15, 0.2) is 0 Å². The maximum Gasteiger partial charge on any atom is 0.333 e. The van der Waals surface area contributed by atoms with E-state index in [1.165, 1.54) is 0 Å². The van der Waals surface area contributed by atoms with E-state index in [2.05, 4.69) is 0 Å². The molecule has 0 aromatic heterocycles. The third-order valence-electron chi connectivity index (χ3n) is 1.65. The summed E-state index contributed by atoms with van der Waals surface area (Å²) in [5, 5.41) is 0. The molecule has 0 aromatic carbocycles. The standard InChI is InChI=1S/C10H18O4/c1-4-9(2)10(11)14-8-7-13-6-5-12-3/h4H,5-8H2,1-3H3/b9-4+. The van der Waals surface area contributed by atoms with E-state index in [0.29, 0.717) is 25.4 Å². The van der Waals surface area contributed by atoms with Gasteiger partial charge in [-0.2, -0.15) is 0 Å². The lowest BCUT2D eigenvalue weighted by atomic mass is 10.3. The van der Waals surface area contributed by atoms with Gasteiger partial charge in [0.25, 0.3) is 0 Å². The minimum atomic E-state index is -0.289. The Morgan fingerprint density at radius 3 is 2.43 bits per heavy atom. The number of hydrogen-bond acceptors (Lipinski definition) is 4. The molecule has 4 heteroatoms. The summed E-state index contributed by atoms with van der Waals surface area (Å²) in [6, 6.07) is 0. The molecule has 0 rings (SSSR count). The second-order valence-electron chi connectivity index (χ2n) is 2.71. The monoisotopic (exact) mass is 202 g/mol. The number of methoxy groups -OCH3 is 1. The molecule has 0 radical (unpaired) electrons. The fourth-order valence-electron chi connectivity index (χ4n) is 0.669. The zero-order valence-electron chi connectivity index (χ0n) is 9.04. The van der Waals surface area contributed by atoms with E-state index in [9.17, 15) is 4.79 Å². The molecule has 0 aliphatic heterocycles. The van der Waals surface area contributed by atoms with Crippen LogP contribution >= 0.6 is 0 Å². The number of hydrogen-bond donors (Lipinski definition) is 0. The van der Waals surface area contributed by atoms with Crippen molar-refractivity contribution in [3.63, 3.8) is 0 Å². The second kappa shape index (κ2) is 8.72. The summed E-state index contributed by atoms with van der Waals surface area (Å²) < 4.78 is 14.8. The van der Waals surface area contributed by atoms with Crippen LogP contribution in [0.3, 0.4) is 0 Å². The number of esters is 1. The average Bonchev–Trinajstić information content (AvgIpc) is 2.21. The second-order valence-corrected chi connectivity index (χ2v) is 2.71. The molecule has 0 heterocycles. The van der Waals surface area contributed by atoms with Crippen molar-refractivity contribution in [2.75, 3.05) is 33.5 Å². The van der Waals surface area contributed by atoms with Crippen molar-refractivity contribution in [2.45, 2.75) is 13.8 Å². The number of allylic oxidation sites excluding steroid dienone is 1. The van der Waals surface area contributed by atoms with Crippen LogP contribution in [0.5, 0.6) is 0 Å². The van der Waals surface area contributed by atoms with Gasteiger partial charge < -0.3 is 14.2 Å². The van der Waals surface area contributed by atoms with Crippen molar-refractivity contribution in [3.05, 3.63) is 11.6 Å². The first-order chi connectivity index (χ1) is 6.72. The van der Waals surface area contributed by atoms with Crippen LogP contribution in [0.25, 0.3) is 0 Å². The lowest BCUT2D eigenvalue weighted by Crippen LogP contribution is -2.12. The molecular formula is C10H18O4. The Morgan fingerprint density at radius 1 is 1.21 bits per heavy atom. The molecule has 0 saturated heterocycles. The highest BCUT2D eigenvalue weighted by Gasteiger charge is 2.02. The van der Waals surface area contributed by atoms with Crippen molar-refractivity contribution in [2.24, 2.45) is 0 Å².